The van der Waals surface area contributed by atoms with Gasteiger partial charge in [0.2, 0.25) is 5.95 Å². The number of benzene rings is 4. The second-order valence-corrected chi connectivity index (χ2v) is 9.49. The fourth-order valence-electron chi connectivity index (χ4n) is 5.40. The number of hydrogen-bond acceptors (Lipinski definition) is 5. The van der Waals surface area contributed by atoms with Gasteiger partial charge in [0.25, 0.3) is 0 Å². The Bertz CT molecular complexity index is 2090. The average molecular weight is 516 g/mol. The van der Waals surface area contributed by atoms with E-state index in [1.165, 1.54) is 0 Å². The lowest BCUT2D eigenvalue weighted by atomic mass is 10.2. The van der Waals surface area contributed by atoms with Crippen LogP contribution in [-0.4, -0.2) is 34.1 Å². The maximum absolute atomic E-state index is 5.05. The molecule has 0 unspecified atom stereocenters. The van der Waals surface area contributed by atoms with E-state index in [0.717, 1.165) is 49.8 Å². The molecule has 0 amide bonds. The zero-order valence-electron chi connectivity index (χ0n) is 21.3. The van der Waals surface area contributed by atoms with Gasteiger partial charge in [0.1, 0.15) is 17.5 Å². The highest BCUT2D eigenvalue weighted by molar-refractivity contribution is 6.20. The molecule has 40 heavy (non-hydrogen) atoms. The molecule has 4 heterocycles. The third-order valence-electron chi connectivity index (χ3n) is 7.13. The van der Waals surface area contributed by atoms with Crippen molar-refractivity contribution in [3.63, 3.8) is 0 Å². The zero-order valence-corrected chi connectivity index (χ0v) is 21.3. The molecule has 188 valence electrons. The molecule has 4 aromatic heterocycles. The summed E-state index contributed by atoms with van der Waals surface area (Å²) in [6.45, 7) is 0. The van der Waals surface area contributed by atoms with E-state index in [1.807, 2.05) is 85.1 Å². The summed E-state index contributed by atoms with van der Waals surface area (Å²) in [6.07, 6.45) is 3.43. The Morgan fingerprint density at radius 3 is 1.80 bits per heavy atom. The summed E-state index contributed by atoms with van der Waals surface area (Å²) >= 11 is 0. The van der Waals surface area contributed by atoms with E-state index in [2.05, 4.69) is 50.5 Å². The van der Waals surface area contributed by atoms with Crippen LogP contribution in [0.25, 0.3) is 67.4 Å². The van der Waals surface area contributed by atoms with Gasteiger partial charge in [0, 0.05) is 22.2 Å². The van der Waals surface area contributed by atoms with E-state index in [9.17, 15) is 0 Å². The molecule has 4 aromatic carbocycles. The molecular weight excluding hydrogens is 494 g/mol. The highest BCUT2D eigenvalue weighted by atomic mass is 15.3. The van der Waals surface area contributed by atoms with Crippen molar-refractivity contribution in [2.75, 3.05) is 0 Å². The molecule has 8 aromatic rings. The van der Waals surface area contributed by atoms with Gasteiger partial charge in [-0.15, -0.1) is 0 Å². The number of rotatable bonds is 4. The van der Waals surface area contributed by atoms with Gasteiger partial charge in [0.15, 0.2) is 11.6 Å². The second-order valence-electron chi connectivity index (χ2n) is 9.49. The highest BCUT2D eigenvalue weighted by Crippen LogP contribution is 2.39. The monoisotopic (exact) mass is 515 g/mol. The van der Waals surface area contributed by atoms with Crippen molar-refractivity contribution < 1.29 is 0 Å². The summed E-state index contributed by atoms with van der Waals surface area (Å²) < 4.78 is 4.32. The van der Waals surface area contributed by atoms with Crippen LogP contribution in [0.1, 0.15) is 0 Å². The summed E-state index contributed by atoms with van der Waals surface area (Å²) in [7, 11) is 0. The van der Waals surface area contributed by atoms with Crippen LogP contribution in [0.2, 0.25) is 0 Å². The molecule has 0 fully saturated rings. The molecule has 7 heteroatoms. The standard InChI is InChI=1S/C33H21N7/c1-4-12-22(13-5-1)30-36-31(23-14-6-2-7-15-23)38-33(37-30)40-27-20-34-21-35-29(27)28-25-18-10-11-19-26(25)39(32(28)40)24-16-8-3-9-17-24/h1-21H. The topological polar surface area (TPSA) is 74.3 Å². The lowest BCUT2D eigenvalue weighted by molar-refractivity contribution is 0.930. The van der Waals surface area contributed by atoms with Crippen LogP contribution in [0.4, 0.5) is 0 Å². The number of hydrogen-bond donors (Lipinski definition) is 0. The van der Waals surface area contributed by atoms with Gasteiger partial charge in [-0.25, -0.2) is 15.0 Å². The number of nitrogens with zero attached hydrogens (tertiary/aromatic N) is 7. The van der Waals surface area contributed by atoms with Gasteiger partial charge in [-0.1, -0.05) is 97.1 Å². The lowest BCUT2D eigenvalue weighted by Crippen LogP contribution is -2.08. The minimum absolute atomic E-state index is 0.502. The van der Waals surface area contributed by atoms with Crippen molar-refractivity contribution in [1.82, 2.24) is 34.1 Å². The van der Waals surface area contributed by atoms with Crippen LogP contribution >= 0.6 is 0 Å². The molecule has 7 nitrogen and oxygen atoms in total. The first-order chi connectivity index (χ1) is 19.9. The molecule has 0 saturated heterocycles. The van der Waals surface area contributed by atoms with E-state index in [1.54, 1.807) is 6.33 Å². The molecule has 0 aliphatic heterocycles. The predicted octanol–water partition coefficient (Wildman–Crippen LogP) is 7.04. The fourth-order valence-corrected chi connectivity index (χ4v) is 5.40. The summed E-state index contributed by atoms with van der Waals surface area (Å²) in [5.41, 5.74) is 6.53. The summed E-state index contributed by atoms with van der Waals surface area (Å²) in [5, 5.41) is 2.13. The van der Waals surface area contributed by atoms with E-state index in [4.69, 9.17) is 19.9 Å². The molecule has 0 radical (unpaired) electrons. The molecule has 0 saturated carbocycles. The Labute approximate surface area is 229 Å². The third-order valence-corrected chi connectivity index (χ3v) is 7.13. The molecule has 0 aliphatic rings. The van der Waals surface area contributed by atoms with E-state index < -0.39 is 0 Å². The van der Waals surface area contributed by atoms with Crippen LogP contribution in [-0.2, 0) is 0 Å². The fraction of sp³-hybridized carbons (Fsp3) is 0. The minimum atomic E-state index is 0.502. The number of aromatic nitrogens is 7. The van der Waals surface area contributed by atoms with Gasteiger partial charge < -0.3 is 0 Å². The van der Waals surface area contributed by atoms with Gasteiger partial charge in [0.05, 0.1) is 22.6 Å². The van der Waals surface area contributed by atoms with Crippen LogP contribution in [0.3, 0.4) is 0 Å². The van der Waals surface area contributed by atoms with Crippen LogP contribution in [0.5, 0.6) is 0 Å². The van der Waals surface area contributed by atoms with Crippen molar-refractivity contribution in [2.45, 2.75) is 0 Å². The quantitative estimate of drug-likeness (QED) is 0.251. The Balaban J connectivity index is 1.54. The van der Waals surface area contributed by atoms with Crippen molar-refractivity contribution in [3.8, 4) is 34.4 Å². The first-order valence-corrected chi connectivity index (χ1v) is 13.0. The number of fused-ring (bicyclic) bond motifs is 5. The molecule has 0 bridgehead atoms. The first-order valence-electron chi connectivity index (χ1n) is 13.0. The molecule has 0 N–H and O–H groups in total. The Hall–Kier alpha value is -5.69. The van der Waals surface area contributed by atoms with Crippen molar-refractivity contribution in [1.29, 1.82) is 0 Å². The van der Waals surface area contributed by atoms with Gasteiger partial charge in [-0.05, 0) is 18.2 Å². The Morgan fingerprint density at radius 2 is 1.12 bits per heavy atom. The summed E-state index contributed by atoms with van der Waals surface area (Å²) in [6, 6.07) is 38.7. The summed E-state index contributed by atoms with van der Waals surface area (Å²) in [5.74, 6) is 1.69. The van der Waals surface area contributed by atoms with Crippen LogP contribution < -0.4 is 0 Å². The van der Waals surface area contributed by atoms with Gasteiger partial charge >= 0.3 is 0 Å². The van der Waals surface area contributed by atoms with E-state index >= 15 is 0 Å². The normalized spacial score (nSPS) is 11.5. The predicted molar refractivity (Wildman–Crippen MR) is 157 cm³/mol. The largest absolute Gasteiger partial charge is 0.295 e. The first kappa shape index (κ1) is 22.3. The van der Waals surface area contributed by atoms with Crippen LogP contribution in [0, 0.1) is 0 Å². The maximum Gasteiger partial charge on any atom is 0.240 e. The maximum atomic E-state index is 5.05. The van der Waals surface area contributed by atoms with Crippen molar-refractivity contribution in [3.05, 3.63) is 128 Å². The SMILES string of the molecule is c1ccc(-c2nc(-c3ccccc3)nc(-n3c4cncnc4c4c5ccccc5n(-c5ccccc5)c43)n2)cc1. The molecular formula is C33H21N7. The minimum Gasteiger partial charge on any atom is -0.295 e. The summed E-state index contributed by atoms with van der Waals surface area (Å²) in [4.78, 5) is 24.2. The Kier molecular flexibility index (Phi) is 4.99. The van der Waals surface area contributed by atoms with E-state index in [0.29, 0.717) is 17.6 Å². The number of para-hydroxylation sites is 2. The molecule has 0 atom stereocenters. The smallest absolute Gasteiger partial charge is 0.240 e. The van der Waals surface area contributed by atoms with Gasteiger partial charge in [-0.3, -0.25) is 9.13 Å². The lowest BCUT2D eigenvalue weighted by Gasteiger charge is -2.13. The van der Waals surface area contributed by atoms with E-state index in [-0.39, 0.29) is 0 Å². The van der Waals surface area contributed by atoms with Crippen molar-refractivity contribution >= 4 is 33.0 Å². The molecule has 0 aliphatic carbocycles. The van der Waals surface area contributed by atoms with Gasteiger partial charge in [-0.2, -0.15) is 9.97 Å². The van der Waals surface area contributed by atoms with Crippen LogP contribution in [0.15, 0.2) is 128 Å². The third kappa shape index (κ3) is 3.41. The highest BCUT2D eigenvalue weighted by Gasteiger charge is 2.25. The Morgan fingerprint density at radius 1 is 0.525 bits per heavy atom. The average Bonchev–Trinajstić information content (AvgIpc) is 3.55. The van der Waals surface area contributed by atoms with Crippen molar-refractivity contribution in [2.24, 2.45) is 0 Å². The molecule has 0 spiro atoms. The zero-order chi connectivity index (χ0) is 26.5. The second kappa shape index (κ2) is 8.96. The molecule has 8 rings (SSSR count).